The Balaban J connectivity index is -0.000000180. The van der Waals surface area contributed by atoms with Gasteiger partial charge in [-0.2, -0.15) is 0 Å². The molecular weight excluding hydrogens is 301 g/mol. The average molecular weight is 310 g/mol. The van der Waals surface area contributed by atoms with E-state index in [2.05, 4.69) is 0 Å². The van der Waals surface area contributed by atoms with Crippen LogP contribution in [0.15, 0.2) is 0 Å². The first kappa shape index (κ1) is 21.4. The molecule has 0 aliphatic carbocycles. The van der Waals surface area contributed by atoms with E-state index in [0.29, 0.717) is 0 Å². The van der Waals surface area contributed by atoms with Crippen molar-refractivity contribution in [3.8, 4) is 0 Å². The van der Waals surface area contributed by atoms with Crippen LogP contribution in [0.2, 0.25) is 0 Å². The SMILES string of the molecule is CC(Cl)(Cl)C(=O)O.CC(Cl)(Cl)C(=O)O.[NaH]. The summed E-state index contributed by atoms with van der Waals surface area (Å²) in [4.78, 5) is 19.5. The van der Waals surface area contributed by atoms with Crippen LogP contribution >= 0.6 is 46.4 Å². The zero-order chi connectivity index (χ0) is 12.2. The van der Waals surface area contributed by atoms with E-state index in [9.17, 15) is 9.59 Å². The van der Waals surface area contributed by atoms with E-state index in [-0.39, 0.29) is 29.6 Å². The number of carbonyl (C=O) groups is 2. The van der Waals surface area contributed by atoms with Gasteiger partial charge >= 0.3 is 41.5 Å². The molecule has 0 bridgehead atoms. The summed E-state index contributed by atoms with van der Waals surface area (Å²) in [6, 6.07) is 0. The molecule has 0 unspecified atom stereocenters. The van der Waals surface area contributed by atoms with Gasteiger partial charge in [0.25, 0.3) is 0 Å². The zero-order valence-electron chi connectivity index (χ0n) is 7.22. The van der Waals surface area contributed by atoms with Gasteiger partial charge in [-0.3, -0.25) is 0 Å². The second-order valence-electron chi connectivity index (χ2n) is 2.39. The molecule has 0 aliphatic rings. The van der Waals surface area contributed by atoms with E-state index in [1.807, 2.05) is 0 Å². The number of alkyl halides is 4. The fourth-order valence-corrected chi connectivity index (χ4v) is 0. The molecule has 0 aromatic carbocycles. The second kappa shape index (κ2) is 8.23. The van der Waals surface area contributed by atoms with Crippen molar-refractivity contribution in [3.05, 3.63) is 0 Å². The molecule has 0 aromatic rings. The van der Waals surface area contributed by atoms with Gasteiger partial charge in [0.15, 0.2) is 0 Å². The third-order valence-electron chi connectivity index (χ3n) is 0.751. The Morgan fingerprint density at radius 3 is 0.933 bits per heavy atom. The van der Waals surface area contributed by atoms with Crippen molar-refractivity contribution in [3.63, 3.8) is 0 Å². The van der Waals surface area contributed by atoms with Gasteiger partial charge in [0.05, 0.1) is 0 Å². The first-order chi connectivity index (χ1) is 5.89. The van der Waals surface area contributed by atoms with Gasteiger partial charge in [-0.1, -0.05) is 46.4 Å². The van der Waals surface area contributed by atoms with E-state index in [1.54, 1.807) is 0 Å². The van der Waals surface area contributed by atoms with Crippen LogP contribution in [0.1, 0.15) is 13.8 Å². The fraction of sp³-hybridized carbons (Fsp3) is 0.667. The minimum absolute atomic E-state index is 0. The number of carboxylic acid groups (broad SMARTS) is 2. The third kappa shape index (κ3) is 15.1. The molecule has 0 saturated carbocycles. The van der Waals surface area contributed by atoms with Gasteiger partial charge in [-0.05, 0) is 13.8 Å². The molecule has 0 aliphatic heterocycles. The molecule has 0 radical (unpaired) electrons. The summed E-state index contributed by atoms with van der Waals surface area (Å²) in [6.07, 6.45) is 0. The van der Waals surface area contributed by atoms with Gasteiger partial charge in [0, 0.05) is 0 Å². The summed E-state index contributed by atoms with van der Waals surface area (Å²) >= 11 is 20.1. The van der Waals surface area contributed by atoms with Crippen LogP contribution in [0.3, 0.4) is 0 Å². The molecule has 0 spiro atoms. The molecule has 15 heavy (non-hydrogen) atoms. The van der Waals surface area contributed by atoms with Crippen LogP contribution < -0.4 is 0 Å². The van der Waals surface area contributed by atoms with Crippen molar-refractivity contribution in [2.75, 3.05) is 0 Å². The standard InChI is InChI=1S/2C3H4Cl2O2.Na.H/c2*1-3(4,5)2(6)7;;/h2*1H3,(H,6,7);;. The average Bonchev–Trinajstić information content (AvgIpc) is 1.83. The van der Waals surface area contributed by atoms with Crippen LogP contribution in [0.4, 0.5) is 0 Å². The van der Waals surface area contributed by atoms with Crippen LogP contribution in [0.5, 0.6) is 0 Å². The minimum atomic E-state index is -1.64. The molecule has 2 N–H and O–H groups in total. The molecule has 0 aromatic heterocycles. The number of halogens is 4. The maximum absolute atomic E-state index is 9.76. The number of rotatable bonds is 2. The normalized spacial score (nSPS) is 10.5. The van der Waals surface area contributed by atoms with Crippen LogP contribution in [0.25, 0.3) is 0 Å². The fourth-order valence-electron chi connectivity index (χ4n) is 0. The number of aliphatic carboxylic acids is 2. The summed E-state index contributed by atoms with van der Waals surface area (Å²) in [5, 5.41) is 16.0. The molecule has 0 fully saturated rings. The summed E-state index contributed by atoms with van der Waals surface area (Å²) in [5.41, 5.74) is 0. The molecule has 9 heteroatoms. The predicted octanol–water partition coefficient (Wildman–Crippen LogP) is 1.88. The van der Waals surface area contributed by atoms with Gasteiger partial charge < -0.3 is 10.2 Å². The van der Waals surface area contributed by atoms with E-state index < -0.39 is 20.6 Å². The van der Waals surface area contributed by atoms with Crippen molar-refractivity contribution in [2.45, 2.75) is 22.5 Å². The third-order valence-corrected chi connectivity index (χ3v) is 1.40. The van der Waals surface area contributed by atoms with Gasteiger partial charge in [-0.25, -0.2) is 9.59 Å². The quantitative estimate of drug-likeness (QED) is 0.603. The summed E-state index contributed by atoms with van der Waals surface area (Å²) in [7, 11) is 0. The molecule has 0 rings (SSSR count). The Hall–Kier alpha value is 1.10. The molecule has 0 saturated heterocycles. The van der Waals surface area contributed by atoms with Crippen molar-refractivity contribution in [1.82, 2.24) is 0 Å². The summed E-state index contributed by atoms with van der Waals surface area (Å²) in [6.45, 7) is 2.39. The van der Waals surface area contributed by atoms with Gasteiger partial charge in [0.2, 0.25) is 8.67 Å². The molecule has 0 atom stereocenters. The molecule has 86 valence electrons. The topological polar surface area (TPSA) is 74.6 Å². The molecular formula is C6H9Cl4NaO4. The Morgan fingerprint density at radius 1 is 0.867 bits per heavy atom. The zero-order valence-corrected chi connectivity index (χ0v) is 10.2. The first-order valence-electron chi connectivity index (χ1n) is 3.11. The van der Waals surface area contributed by atoms with E-state index >= 15 is 0 Å². The van der Waals surface area contributed by atoms with Gasteiger partial charge in [-0.15, -0.1) is 0 Å². The van der Waals surface area contributed by atoms with Crippen LogP contribution in [-0.4, -0.2) is 60.4 Å². The predicted molar refractivity (Wildman–Crippen MR) is 62.6 cm³/mol. The van der Waals surface area contributed by atoms with E-state index in [1.165, 1.54) is 13.8 Å². The molecule has 0 amide bonds. The van der Waals surface area contributed by atoms with Gasteiger partial charge in [0.1, 0.15) is 0 Å². The number of hydrogen-bond donors (Lipinski definition) is 2. The Morgan fingerprint density at radius 2 is 0.933 bits per heavy atom. The first-order valence-corrected chi connectivity index (χ1v) is 4.62. The van der Waals surface area contributed by atoms with E-state index in [4.69, 9.17) is 56.6 Å². The summed E-state index contributed by atoms with van der Waals surface area (Å²) < 4.78 is -3.28. The second-order valence-corrected chi connectivity index (χ2v) is 5.80. The van der Waals surface area contributed by atoms with E-state index in [0.717, 1.165) is 0 Å². The van der Waals surface area contributed by atoms with Crippen LogP contribution in [-0.2, 0) is 9.59 Å². The number of hydrogen-bond acceptors (Lipinski definition) is 2. The Bertz CT molecular complexity index is 196. The summed E-state index contributed by atoms with van der Waals surface area (Å²) in [5.74, 6) is -2.45. The van der Waals surface area contributed by atoms with Crippen molar-refractivity contribution in [1.29, 1.82) is 0 Å². The maximum atomic E-state index is 9.76. The van der Waals surface area contributed by atoms with Crippen LogP contribution in [0, 0.1) is 0 Å². The Labute approximate surface area is 129 Å². The molecule has 4 nitrogen and oxygen atoms in total. The van der Waals surface area contributed by atoms with Crippen molar-refractivity contribution >= 4 is 87.9 Å². The van der Waals surface area contributed by atoms with Crippen molar-refractivity contribution in [2.24, 2.45) is 0 Å². The molecule has 0 heterocycles. The Kier molecular flexibility index (Phi) is 11.7. The monoisotopic (exact) mass is 308 g/mol. The number of carboxylic acids is 2. The van der Waals surface area contributed by atoms with Crippen molar-refractivity contribution < 1.29 is 19.8 Å².